The minimum Gasteiger partial charge on any atom is -0.465 e. The van der Waals surface area contributed by atoms with E-state index in [0.717, 1.165) is 22.2 Å². The third kappa shape index (κ3) is 4.50. The molecule has 2 aromatic rings. The lowest BCUT2D eigenvalue weighted by Crippen LogP contribution is -2.56. The molecular weight excluding hydrogens is 352 g/mol. The molecule has 0 spiro atoms. The van der Waals surface area contributed by atoms with Gasteiger partial charge in [0.15, 0.2) is 0 Å². The van der Waals surface area contributed by atoms with E-state index in [1.54, 1.807) is 23.3 Å². The Bertz CT molecular complexity index is 785. The molecule has 1 aliphatic rings. The Morgan fingerprint density at radius 3 is 2.92 bits per heavy atom. The molecule has 0 radical (unpaired) electrons. The molecular formula is C18H24N4O3S. The number of aromatic nitrogens is 1. The van der Waals surface area contributed by atoms with Gasteiger partial charge in [-0.3, -0.25) is 14.5 Å². The van der Waals surface area contributed by atoms with Gasteiger partial charge >= 0.3 is 0 Å². The Morgan fingerprint density at radius 1 is 1.46 bits per heavy atom. The molecule has 3 heterocycles. The van der Waals surface area contributed by atoms with Gasteiger partial charge < -0.3 is 14.6 Å². The number of carbonyl (C=O) groups excluding carboxylic acids is 2. The Balaban J connectivity index is 1.63. The van der Waals surface area contributed by atoms with Crippen molar-refractivity contribution in [2.24, 2.45) is 0 Å². The second-order valence-corrected chi connectivity index (χ2v) is 7.66. The van der Waals surface area contributed by atoms with Crippen LogP contribution >= 0.6 is 11.3 Å². The van der Waals surface area contributed by atoms with Crippen molar-refractivity contribution in [1.82, 2.24) is 20.1 Å². The lowest BCUT2D eigenvalue weighted by Gasteiger charge is -2.34. The lowest BCUT2D eigenvalue weighted by molar-refractivity contribution is -0.138. The summed E-state index contributed by atoms with van der Waals surface area (Å²) in [5, 5.41) is 5.79. The van der Waals surface area contributed by atoms with Crippen LogP contribution in [-0.2, 0) is 22.7 Å². The van der Waals surface area contributed by atoms with Gasteiger partial charge in [-0.05, 0) is 26.0 Å². The van der Waals surface area contributed by atoms with E-state index in [1.807, 2.05) is 36.3 Å². The summed E-state index contributed by atoms with van der Waals surface area (Å²) in [6.07, 6.45) is 0.144. The molecule has 1 fully saturated rings. The number of piperazine rings is 1. The van der Waals surface area contributed by atoms with Crippen LogP contribution in [0.1, 0.15) is 28.6 Å². The van der Waals surface area contributed by atoms with E-state index in [1.165, 1.54) is 0 Å². The number of nitrogens with zero attached hydrogens (tertiary/aromatic N) is 3. The summed E-state index contributed by atoms with van der Waals surface area (Å²) in [4.78, 5) is 33.0. The third-order valence-corrected chi connectivity index (χ3v) is 5.28. The van der Waals surface area contributed by atoms with Crippen molar-refractivity contribution in [1.29, 1.82) is 0 Å². The summed E-state index contributed by atoms with van der Waals surface area (Å²) in [6, 6.07) is 3.34. The fourth-order valence-corrected chi connectivity index (χ4v) is 3.68. The highest BCUT2D eigenvalue weighted by Crippen LogP contribution is 2.17. The maximum absolute atomic E-state index is 12.6. The van der Waals surface area contributed by atoms with E-state index < -0.39 is 6.04 Å². The van der Waals surface area contributed by atoms with Crippen molar-refractivity contribution in [3.63, 3.8) is 0 Å². The number of hydrogen-bond acceptors (Lipinski definition) is 6. The minimum absolute atomic E-state index is 0.0710. The highest BCUT2D eigenvalue weighted by atomic mass is 32.1. The number of rotatable bonds is 6. The fourth-order valence-electron chi connectivity index (χ4n) is 3.08. The summed E-state index contributed by atoms with van der Waals surface area (Å²) in [5.41, 5.74) is 0.874. The molecule has 0 aromatic carbocycles. The van der Waals surface area contributed by atoms with E-state index in [-0.39, 0.29) is 18.2 Å². The van der Waals surface area contributed by atoms with Crippen molar-refractivity contribution in [3.05, 3.63) is 39.7 Å². The first-order chi connectivity index (χ1) is 12.4. The first-order valence-electron chi connectivity index (χ1n) is 8.64. The molecule has 3 rings (SSSR count). The van der Waals surface area contributed by atoms with E-state index in [2.05, 4.69) is 10.3 Å². The van der Waals surface area contributed by atoms with Crippen molar-refractivity contribution >= 4 is 23.2 Å². The van der Waals surface area contributed by atoms with Crippen LogP contribution < -0.4 is 5.32 Å². The van der Waals surface area contributed by atoms with Crippen LogP contribution in [0.3, 0.4) is 0 Å². The van der Waals surface area contributed by atoms with Crippen LogP contribution in [0.4, 0.5) is 0 Å². The molecule has 0 saturated carbocycles. The maximum atomic E-state index is 12.6. The Morgan fingerprint density at radius 2 is 2.27 bits per heavy atom. The molecule has 8 heteroatoms. The SMILES string of the molecule is Cc1ccc(CN2CCNC(=O)C2CC(=O)N(C)Cc2csc(C)n2)o1. The topological polar surface area (TPSA) is 78.7 Å². The molecule has 140 valence electrons. The largest absolute Gasteiger partial charge is 0.465 e. The molecule has 2 amide bonds. The zero-order chi connectivity index (χ0) is 18.7. The summed E-state index contributed by atoms with van der Waals surface area (Å²) in [5.74, 6) is 1.47. The van der Waals surface area contributed by atoms with Crippen molar-refractivity contribution in [3.8, 4) is 0 Å². The molecule has 1 aliphatic heterocycles. The normalized spacial score (nSPS) is 18.0. The van der Waals surface area contributed by atoms with E-state index in [0.29, 0.717) is 26.2 Å². The molecule has 2 aromatic heterocycles. The third-order valence-electron chi connectivity index (χ3n) is 4.46. The number of furan rings is 1. The Hall–Kier alpha value is -2.19. The zero-order valence-corrected chi connectivity index (χ0v) is 16.1. The van der Waals surface area contributed by atoms with Gasteiger partial charge in [0.2, 0.25) is 11.8 Å². The number of nitrogens with one attached hydrogen (secondary N) is 1. The first kappa shape index (κ1) is 18.6. The van der Waals surface area contributed by atoms with Gasteiger partial charge in [-0.2, -0.15) is 0 Å². The molecule has 0 bridgehead atoms. The Labute approximate surface area is 157 Å². The van der Waals surface area contributed by atoms with Crippen LogP contribution in [0.2, 0.25) is 0 Å². The molecule has 0 aliphatic carbocycles. The monoisotopic (exact) mass is 376 g/mol. The average molecular weight is 376 g/mol. The number of aryl methyl sites for hydroxylation is 2. The van der Waals surface area contributed by atoms with E-state index in [4.69, 9.17) is 4.42 Å². The molecule has 26 heavy (non-hydrogen) atoms. The summed E-state index contributed by atoms with van der Waals surface area (Å²) in [7, 11) is 1.75. The molecule has 1 unspecified atom stereocenters. The van der Waals surface area contributed by atoms with Crippen molar-refractivity contribution in [2.75, 3.05) is 20.1 Å². The predicted octanol–water partition coefficient (Wildman–Crippen LogP) is 1.70. The van der Waals surface area contributed by atoms with Crippen molar-refractivity contribution < 1.29 is 14.0 Å². The van der Waals surface area contributed by atoms with Gasteiger partial charge in [-0.1, -0.05) is 0 Å². The van der Waals surface area contributed by atoms with Gasteiger partial charge in [0, 0.05) is 25.5 Å². The summed E-state index contributed by atoms with van der Waals surface area (Å²) >= 11 is 1.57. The molecule has 1 N–H and O–H groups in total. The number of thiazole rings is 1. The minimum atomic E-state index is -0.485. The molecule has 1 atom stereocenters. The smallest absolute Gasteiger partial charge is 0.237 e. The van der Waals surface area contributed by atoms with Gasteiger partial charge in [-0.25, -0.2) is 4.98 Å². The summed E-state index contributed by atoms with van der Waals surface area (Å²) in [6.45, 7) is 6.08. The quantitative estimate of drug-likeness (QED) is 0.830. The van der Waals surface area contributed by atoms with Crippen LogP contribution in [-0.4, -0.2) is 52.8 Å². The van der Waals surface area contributed by atoms with Crippen LogP contribution in [0, 0.1) is 13.8 Å². The van der Waals surface area contributed by atoms with Gasteiger partial charge in [0.05, 0.1) is 36.3 Å². The van der Waals surface area contributed by atoms with Gasteiger partial charge in [0.1, 0.15) is 11.5 Å². The highest BCUT2D eigenvalue weighted by Gasteiger charge is 2.33. The Kier molecular flexibility index (Phi) is 5.73. The molecule has 1 saturated heterocycles. The lowest BCUT2D eigenvalue weighted by atomic mass is 10.1. The number of hydrogen-bond donors (Lipinski definition) is 1. The average Bonchev–Trinajstić information content (AvgIpc) is 3.18. The first-order valence-corrected chi connectivity index (χ1v) is 9.52. The number of amides is 2. The fraction of sp³-hybridized carbons (Fsp3) is 0.500. The van der Waals surface area contributed by atoms with Crippen LogP contribution in [0.25, 0.3) is 0 Å². The van der Waals surface area contributed by atoms with Crippen LogP contribution in [0.5, 0.6) is 0 Å². The predicted molar refractivity (Wildman–Crippen MR) is 98.6 cm³/mol. The van der Waals surface area contributed by atoms with E-state index >= 15 is 0 Å². The van der Waals surface area contributed by atoms with Crippen molar-refractivity contribution in [2.45, 2.75) is 39.4 Å². The second-order valence-electron chi connectivity index (χ2n) is 6.60. The maximum Gasteiger partial charge on any atom is 0.237 e. The molecule has 7 nitrogen and oxygen atoms in total. The van der Waals surface area contributed by atoms with Crippen LogP contribution in [0.15, 0.2) is 21.9 Å². The standard InChI is InChI=1S/C18H24N4O3S/c1-12-4-5-15(25-12)10-22-7-6-19-18(24)16(22)8-17(23)21(3)9-14-11-26-13(2)20-14/h4-5,11,16H,6-10H2,1-3H3,(H,19,24). The second kappa shape index (κ2) is 8.01. The highest BCUT2D eigenvalue weighted by molar-refractivity contribution is 7.09. The van der Waals surface area contributed by atoms with Gasteiger partial charge in [-0.15, -0.1) is 11.3 Å². The van der Waals surface area contributed by atoms with Gasteiger partial charge in [0.25, 0.3) is 0 Å². The number of carbonyl (C=O) groups is 2. The van der Waals surface area contributed by atoms with E-state index in [9.17, 15) is 9.59 Å². The zero-order valence-electron chi connectivity index (χ0n) is 15.3. The summed E-state index contributed by atoms with van der Waals surface area (Å²) < 4.78 is 5.63.